The maximum atomic E-state index is 10.9. The maximum absolute atomic E-state index is 10.9. The van der Waals surface area contributed by atoms with Crippen LogP contribution >= 0.6 is 15.9 Å². The van der Waals surface area contributed by atoms with Gasteiger partial charge in [-0.1, -0.05) is 0 Å². The van der Waals surface area contributed by atoms with Crippen LogP contribution in [-0.4, -0.2) is 27.7 Å². The van der Waals surface area contributed by atoms with Gasteiger partial charge in [-0.2, -0.15) is 0 Å². The van der Waals surface area contributed by atoms with E-state index in [2.05, 4.69) is 25.9 Å². The molecule has 0 saturated heterocycles. The zero-order chi connectivity index (χ0) is 13.4. The first-order chi connectivity index (χ1) is 9.13. The van der Waals surface area contributed by atoms with Crippen LogP contribution in [0.5, 0.6) is 5.75 Å². The fraction of sp³-hybridized carbons (Fsp3) is 0.231. The van der Waals surface area contributed by atoms with Crippen LogP contribution in [-0.2, 0) is 17.6 Å². The lowest BCUT2D eigenvalue weighted by molar-refractivity contribution is -0.136. The van der Waals surface area contributed by atoms with Gasteiger partial charge in [-0.15, -0.1) is 0 Å². The van der Waals surface area contributed by atoms with Crippen molar-refractivity contribution in [3.63, 3.8) is 0 Å². The van der Waals surface area contributed by atoms with Gasteiger partial charge in [-0.3, -0.25) is 4.79 Å². The Morgan fingerprint density at radius 3 is 3.16 bits per heavy atom. The molecule has 0 atom stereocenters. The van der Waals surface area contributed by atoms with Crippen LogP contribution in [0.4, 0.5) is 0 Å². The van der Waals surface area contributed by atoms with Crippen molar-refractivity contribution in [2.75, 3.05) is 6.61 Å². The van der Waals surface area contributed by atoms with E-state index < -0.39 is 5.97 Å². The quantitative estimate of drug-likeness (QED) is 0.909. The molecule has 1 aromatic heterocycles. The van der Waals surface area contributed by atoms with E-state index in [0.717, 1.165) is 23.3 Å². The van der Waals surface area contributed by atoms with Gasteiger partial charge in [0.05, 0.1) is 24.4 Å². The van der Waals surface area contributed by atoms with Crippen molar-refractivity contribution in [2.24, 2.45) is 0 Å². The summed E-state index contributed by atoms with van der Waals surface area (Å²) in [5, 5.41) is 8.92. The largest absolute Gasteiger partial charge is 0.493 e. The molecule has 1 aliphatic heterocycles. The Morgan fingerprint density at radius 1 is 1.53 bits per heavy atom. The van der Waals surface area contributed by atoms with Gasteiger partial charge in [0, 0.05) is 12.0 Å². The number of halogens is 1. The average molecular weight is 323 g/mol. The van der Waals surface area contributed by atoms with E-state index in [0.29, 0.717) is 22.7 Å². The minimum atomic E-state index is -0.887. The van der Waals surface area contributed by atoms with Gasteiger partial charge >= 0.3 is 5.97 Å². The lowest BCUT2D eigenvalue weighted by Crippen LogP contribution is -2.01. The highest BCUT2D eigenvalue weighted by molar-refractivity contribution is 9.10. The van der Waals surface area contributed by atoms with E-state index >= 15 is 0 Å². The SMILES string of the molecule is O=C(O)Cc1[nH]c(Br)nc1-c1ccc2c(c1)CCO2. The summed E-state index contributed by atoms with van der Waals surface area (Å²) >= 11 is 3.25. The number of rotatable bonds is 3. The third-order valence-electron chi connectivity index (χ3n) is 3.04. The van der Waals surface area contributed by atoms with E-state index in [1.807, 2.05) is 18.2 Å². The fourth-order valence-corrected chi connectivity index (χ4v) is 2.65. The molecule has 2 heterocycles. The molecule has 5 nitrogen and oxygen atoms in total. The van der Waals surface area contributed by atoms with E-state index in [1.54, 1.807) is 0 Å². The number of aliphatic carboxylic acids is 1. The summed E-state index contributed by atoms with van der Waals surface area (Å²) in [4.78, 5) is 18.1. The molecule has 0 unspecified atom stereocenters. The predicted molar refractivity (Wildman–Crippen MR) is 72.3 cm³/mol. The van der Waals surface area contributed by atoms with Crippen molar-refractivity contribution in [3.05, 3.63) is 34.2 Å². The Bertz CT molecular complexity index is 651. The highest BCUT2D eigenvalue weighted by Crippen LogP contribution is 2.31. The molecule has 2 aromatic rings. The smallest absolute Gasteiger partial charge is 0.309 e. The van der Waals surface area contributed by atoms with Gasteiger partial charge in [-0.25, -0.2) is 4.98 Å². The highest BCUT2D eigenvalue weighted by atomic mass is 79.9. The number of carboxylic acid groups (broad SMARTS) is 1. The summed E-state index contributed by atoms with van der Waals surface area (Å²) in [5.74, 6) is 0.0139. The summed E-state index contributed by atoms with van der Waals surface area (Å²) in [6.45, 7) is 0.699. The average Bonchev–Trinajstić information content (AvgIpc) is 2.93. The van der Waals surface area contributed by atoms with Crippen molar-refractivity contribution >= 4 is 21.9 Å². The van der Waals surface area contributed by atoms with Crippen molar-refractivity contribution in [1.29, 1.82) is 0 Å². The summed E-state index contributed by atoms with van der Waals surface area (Å²) in [6.07, 6.45) is 0.796. The van der Waals surface area contributed by atoms with Gasteiger partial charge in [0.1, 0.15) is 5.75 Å². The van der Waals surface area contributed by atoms with E-state index in [9.17, 15) is 4.79 Å². The third kappa shape index (κ3) is 2.35. The number of hydrogen-bond donors (Lipinski definition) is 2. The monoisotopic (exact) mass is 322 g/mol. The molecule has 98 valence electrons. The maximum Gasteiger partial charge on any atom is 0.309 e. The normalized spacial score (nSPS) is 13.1. The highest BCUT2D eigenvalue weighted by Gasteiger charge is 2.17. The zero-order valence-electron chi connectivity index (χ0n) is 9.94. The molecule has 0 saturated carbocycles. The summed E-state index contributed by atoms with van der Waals surface area (Å²) in [7, 11) is 0. The van der Waals surface area contributed by atoms with Crippen LogP contribution in [0.1, 0.15) is 11.3 Å². The van der Waals surface area contributed by atoms with Crippen LogP contribution in [0.25, 0.3) is 11.3 Å². The molecule has 0 bridgehead atoms. The van der Waals surface area contributed by atoms with Crippen LogP contribution in [0.3, 0.4) is 0 Å². The summed E-state index contributed by atoms with van der Waals surface area (Å²) < 4.78 is 6.00. The molecule has 0 spiro atoms. The minimum Gasteiger partial charge on any atom is -0.493 e. The number of carboxylic acids is 1. The van der Waals surface area contributed by atoms with Crippen molar-refractivity contribution in [2.45, 2.75) is 12.8 Å². The number of fused-ring (bicyclic) bond motifs is 1. The van der Waals surface area contributed by atoms with Crippen molar-refractivity contribution in [3.8, 4) is 17.0 Å². The van der Waals surface area contributed by atoms with Gasteiger partial charge in [0.15, 0.2) is 4.73 Å². The number of hydrogen-bond acceptors (Lipinski definition) is 3. The molecule has 1 aromatic carbocycles. The Hall–Kier alpha value is -1.82. The Kier molecular flexibility index (Phi) is 3.02. The number of nitrogens with one attached hydrogen (secondary N) is 1. The van der Waals surface area contributed by atoms with E-state index in [1.165, 1.54) is 0 Å². The van der Waals surface area contributed by atoms with Crippen LogP contribution in [0.2, 0.25) is 0 Å². The molecule has 0 radical (unpaired) electrons. The topological polar surface area (TPSA) is 75.2 Å². The second-order valence-electron chi connectivity index (χ2n) is 4.35. The Balaban J connectivity index is 2.04. The molecule has 2 N–H and O–H groups in total. The number of carbonyl (C=O) groups is 1. The number of nitrogens with zero attached hydrogens (tertiary/aromatic N) is 1. The lowest BCUT2D eigenvalue weighted by Gasteiger charge is -2.03. The Morgan fingerprint density at radius 2 is 2.37 bits per heavy atom. The van der Waals surface area contributed by atoms with E-state index in [-0.39, 0.29) is 6.42 Å². The molecule has 1 aliphatic rings. The number of ether oxygens (including phenoxy) is 1. The first-order valence-electron chi connectivity index (χ1n) is 5.86. The summed E-state index contributed by atoms with van der Waals surface area (Å²) in [5.41, 5.74) is 3.31. The van der Waals surface area contributed by atoms with Gasteiger partial charge in [-0.05, 0) is 39.7 Å². The molecule has 0 aliphatic carbocycles. The van der Waals surface area contributed by atoms with Gasteiger partial charge in [0.25, 0.3) is 0 Å². The van der Waals surface area contributed by atoms with Crippen LogP contribution < -0.4 is 4.74 Å². The van der Waals surface area contributed by atoms with Crippen LogP contribution in [0, 0.1) is 0 Å². The number of aromatic amines is 1. The molecular weight excluding hydrogens is 312 g/mol. The number of imidazole rings is 1. The molecule has 3 rings (SSSR count). The standard InChI is InChI=1S/C13H11BrN2O3/c14-13-15-9(6-11(17)18)12(16-13)8-1-2-10-7(5-8)3-4-19-10/h1-2,5H,3-4,6H2,(H,15,16)(H,17,18). The predicted octanol–water partition coefficient (Wildman–Crippen LogP) is 2.40. The first-order valence-corrected chi connectivity index (χ1v) is 6.65. The molecular formula is C13H11BrN2O3. The number of H-pyrrole nitrogens is 1. The zero-order valence-corrected chi connectivity index (χ0v) is 11.5. The molecule has 6 heteroatoms. The first kappa shape index (κ1) is 12.2. The number of aromatic nitrogens is 2. The fourth-order valence-electron chi connectivity index (χ4n) is 2.23. The van der Waals surface area contributed by atoms with E-state index in [4.69, 9.17) is 9.84 Å². The third-order valence-corrected chi connectivity index (χ3v) is 3.42. The molecule has 19 heavy (non-hydrogen) atoms. The minimum absolute atomic E-state index is 0.0818. The van der Waals surface area contributed by atoms with Gasteiger partial charge in [0.2, 0.25) is 0 Å². The van der Waals surface area contributed by atoms with Crippen molar-refractivity contribution < 1.29 is 14.6 Å². The summed E-state index contributed by atoms with van der Waals surface area (Å²) in [6, 6.07) is 5.82. The molecule has 0 fully saturated rings. The second-order valence-corrected chi connectivity index (χ2v) is 5.10. The van der Waals surface area contributed by atoms with Crippen molar-refractivity contribution in [1.82, 2.24) is 9.97 Å². The Labute approximate surface area is 117 Å². The number of benzene rings is 1. The lowest BCUT2D eigenvalue weighted by atomic mass is 10.0. The van der Waals surface area contributed by atoms with Crippen LogP contribution in [0.15, 0.2) is 22.9 Å². The van der Waals surface area contributed by atoms with Gasteiger partial charge < -0.3 is 14.8 Å². The molecule has 0 amide bonds. The second kappa shape index (κ2) is 4.70.